The number of ketones is 1. The molecule has 2 saturated heterocycles. The molecule has 1 amide bonds. The fourth-order valence-corrected chi connectivity index (χ4v) is 7.59. The van der Waals surface area contributed by atoms with E-state index in [4.69, 9.17) is 5.73 Å². The van der Waals surface area contributed by atoms with Crippen molar-refractivity contribution in [3.8, 4) is 11.4 Å². The number of anilines is 1. The van der Waals surface area contributed by atoms with Gasteiger partial charge in [0.15, 0.2) is 5.78 Å². The number of likely N-dealkylation sites (tertiary alicyclic amines) is 2. The quantitative estimate of drug-likeness (QED) is 0.423. The third kappa shape index (κ3) is 5.41. The lowest BCUT2D eigenvalue weighted by Crippen LogP contribution is -2.56. The third-order valence-electron chi connectivity index (χ3n) is 9.45. The maximum Gasteiger partial charge on any atom is 0.228 e. The lowest BCUT2D eigenvalue weighted by atomic mass is 9.73. The van der Waals surface area contributed by atoms with Gasteiger partial charge in [-0.3, -0.25) is 19.6 Å². The number of aromatic nitrogens is 5. The molecule has 41 heavy (non-hydrogen) atoms. The molecule has 11 heteroatoms. The number of amides is 1. The molecule has 0 radical (unpaired) electrons. The van der Waals surface area contributed by atoms with E-state index in [1.165, 1.54) is 37.3 Å². The van der Waals surface area contributed by atoms with Crippen LogP contribution in [-0.2, 0) is 29.5 Å². The molecule has 0 saturated carbocycles. The number of carbonyl (C=O) groups excluding carboxylic acids is 2. The Morgan fingerprint density at radius 2 is 1.80 bits per heavy atom. The number of H-pyrrole nitrogens is 1. The van der Waals surface area contributed by atoms with Crippen LogP contribution in [0, 0.1) is 5.92 Å². The van der Waals surface area contributed by atoms with Gasteiger partial charge in [0.1, 0.15) is 16.4 Å². The number of hydrogen-bond acceptors (Lipinski definition) is 9. The van der Waals surface area contributed by atoms with Crippen molar-refractivity contribution < 1.29 is 9.59 Å². The molecule has 3 N–H and O–H groups in total. The second-order valence-electron chi connectivity index (χ2n) is 13.0. The summed E-state index contributed by atoms with van der Waals surface area (Å²) < 4.78 is 0. The topological polar surface area (TPSA) is 134 Å². The predicted octanol–water partition coefficient (Wildman–Crippen LogP) is 3.82. The van der Waals surface area contributed by atoms with Gasteiger partial charge in [-0.15, -0.1) is 11.3 Å². The number of Topliss-reactive ketones (excluding diaryl/α,β-unsaturated/α-hetero) is 1. The van der Waals surface area contributed by atoms with Crippen LogP contribution >= 0.6 is 11.3 Å². The fourth-order valence-electron chi connectivity index (χ4n) is 6.80. The van der Waals surface area contributed by atoms with E-state index in [9.17, 15) is 9.59 Å². The van der Waals surface area contributed by atoms with Crippen molar-refractivity contribution >= 4 is 29.0 Å². The smallest absolute Gasteiger partial charge is 0.228 e. The first-order valence-electron chi connectivity index (χ1n) is 14.7. The van der Waals surface area contributed by atoms with Gasteiger partial charge in [0, 0.05) is 35.8 Å². The number of nitrogens with two attached hydrogens (primary N) is 1. The fraction of sp³-hybridized carbons (Fsp3) is 0.600. The van der Waals surface area contributed by atoms with Crippen LogP contribution < -0.4 is 5.73 Å². The molecule has 3 aliphatic rings. The lowest BCUT2D eigenvalue weighted by molar-refractivity contribution is -0.133. The highest BCUT2D eigenvalue weighted by Crippen LogP contribution is 2.43. The number of aromatic amines is 1. The summed E-state index contributed by atoms with van der Waals surface area (Å²) >= 11 is 1.43. The summed E-state index contributed by atoms with van der Waals surface area (Å²) in [6, 6.07) is 0. The van der Waals surface area contributed by atoms with Crippen LogP contribution in [0.25, 0.3) is 11.4 Å². The largest absolute Gasteiger partial charge is 0.368 e. The van der Waals surface area contributed by atoms with Crippen molar-refractivity contribution in [3.63, 3.8) is 0 Å². The summed E-state index contributed by atoms with van der Waals surface area (Å²) in [5, 5.41) is 10.1. The average Bonchev–Trinajstić information content (AvgIpc) is 3.58. The Morgan fingerprint density at radius 3 is 2.54 bits per heavy atom. The summed E-state index contributed by atoms with van der Waals surface area (Å²) in [6.07, 6.45) is 7.42. The van der Waals surface area contributed by atoms with Crippen LogP contribution in [0.4, 0.5) is 5.95 Å². The zero-order valence-corrected chi connectivity index (χ0v) is 25.3. The number of nitrogens with zero attached hydrogens (tertiary/aromatic N) is 6. The van der Waals surface area contributed by atoms with E-state index < -0.39 is 0 Å². The van der Waals surface area contributed by atoms with Crippen molar-refractivity contribution in [1.29, 1.82) is 0 Å². The molecule has 2 aliphatic heterocycles. The minimum absolute atomic E-state index is 0.0769. The van der Waals surface area contributed by atoms with E-state index in [1.807, 2.05) is 10.3 Å². The molecule has 0 bridgehead atoms. The van der Waals surface area contributed by atoms with Gasteiger partial charge in [-0.25, -0.2) is 15.0 Å². The summed E-state index contributed by atoms with van der Waals surface area (Å²) in [5.74, 6) is 1.04. The molecular weight excluding hydrogens is 536 g/mol. The highest BCUT2D eigenvalue weighted by Gasteiger charge is 2.39. The third-order valence-corrected chi connectivity index (χ3v) is 10.3. The van der Waals surface area contributed by atoms with Crippen LogP contribution in [0.1, 0.15) is 85.7 Å². The normalized spacial score (nSPS) is 20.4. The molecule has 10 nitrogen and oxygen atoms in total. The van der Waals surface area contributed by atoms with E-state index in [0.717, 1.165) is 48.7 Å². The molecule has 5 heterocycles. The second kappa shape index (κ2) is 10.6. The van der Waals surface area contributed by atoms with E-state index in [2.05, 4.69) is 57.7 Å². The molecule has 218 valence electrons. The molecule has 3 aromatic heterocycles. The SMILES string of the molecule is CC1CCN(C2(C)CCN(C(=O)Cc3csc(CC(=O)c4[nH]nc5c4C(C)(C)Cc4cnc(N)nc4-5)n3)CC2)CC1. The molecule has 1 aliphatic carbocycles. The van der Waals surface area contributed by atoms with Crippen LogP contribution in [-0.4, -0.2) is 78.4 Å². The summed E-state index contributed by atoms with van der Waals surface area (Å²) in [4.78, 5) is 44.5. The molecule has 0 atom stereocenters. The van der Waals surface area contributed by atoms with Gasteiger partial charge >= 0.3 is 0 Å². The van der Waals surface area contributed by atoms with Gasteiger partial charge in [0.25, 0.3) is 0 Å². The summed E-state index contributed by atoms with van der Waals surface area (Å²) in [5.41, 5.74) is 10.1. The highest BCUT2D eigenvalue weighted by atomic mass is 32.1. The van der Waals surface area contributed by atoms with Gasteiger partial charge in [0.2, 0.25) is 11.9 Å². The van der Waals surface area contributed by atoms with Crippen molar-refractivity contribution in [2.24, 2.45) is 5.92 Å². The van der Waals surface area contributed by atoms with Crippen LogP contribution in [0.5, 0.6) is 0 Å². The molecule has 0 spiro atoms. The van der Waals surface area contributed by atoms with Gasteiger partial charge in [-0.05, 0) is 69.0 Å². The molecule has 3 aromatic rings. The van der Waals surface area contributed by atoms with Crippen LogP contribution in [0.2, 0.25) is 0 Å². The summed E-state index contributed by atoms with van der Waals surface area (Å²) in [6.45, 7) is 12.8. The number of hydrogen-bond donors (Lipinski definition) is 2. The van der Waals surface area contributed by atoms with Crippen molar-refractivity contribution in [3.05, 3.63) is 39.1 Å². The van der Waals surface area contributed by atoms with Gasteiger partial charge in [0.05, 0.1) is 24.2 Å². The minimum atomic E-state index is -0.322. The zero-order chi connectivity index (χ0) is 28.9. The molecule has 2 fully saturated rings. The standard InChI is InChI=1S/C30H40N8O2S/c1-18-5-9-38(10-6-18)30(4)7-11-37(12-8-30)23(40)13-20-17-41-22(33-20)14-21(39)26-24-27(36-35-26)25-19(15-29(24,2)3)16-32-28(31)34-25/h16-18H,5-15H2,1-4H3,(H,35,36)(H2,31,32,34). The minimum Gasteiger partial charge on any atom is -0.368 e. The van der Waals surface area contributed by atoms with E-state index in [0.29, 0.717) is 28.5 Å². The highest BCUT2D eigenvalue weighted by molar-refractivity contribution is 7.09. The van der Waals surface area contributed by atoms with Gasteiger partial charge < -0.3 is 10.6 Å². The Bertz CT molecular complexity index is 1460. The Labute approximate surface area is 245 Å². The molecule has 6 rings (SSSR count). The first-order chi connectivity index (χ1) is 19.5. The van der Waals surface area contributed by atoms with Crippen molar-refractivity contribution in [2.45, 2.75) is 83.6 Å². The number of carbonyl (C=O) groups is 2. The summed E-state index contributed by atoms with van der Waals surface area (Å²) in [7, 11) is 0. The van der Waals surface area contributed by atoms with Gasteiger partial charge in [-0.1, -0.05) is 20.8 Å². The number of nitrogens with one attached hydrogen (secondary N) is 1. The molecular formula is C30H40N8O2S. The molecule has 0 aromatic carbocycles. The maximum atomic E-state index is 13.5. The number of piperidine rings is 2. The monoisotopic (exact) mass is 576 g/mol. The Balaban J connectivity index is 1.08. The van der Waals surface area contributed by atoms with E-state index in [-0.39, 0.29) is 41.4 Å². The predicted molar refractivity (Wildman–Crippen MR) is 159 cm³/mol. The van der Waals surface area contributed by atoms with E-state index >= 15 is 0 Å². The Hall–Kier alpha value is -3.18. The van der Waals surface area contributed by atoms with Gasteiger partial charge in [-0.2, -0.15) is 5.10 Å². The number of nitrogen functional groups attached to an aromatic ring is 1. The van der Waals surface area contributed by atoms with Crippen LogP contribution in [0.15, 0.2) is 11.6 Å². The second-order valence-corrected chi connectivity index (χ2v) is 14.0. The zero-order valence-electron chi connectivity index (χ0n) is 24.5. The number of thiazole rings is 1. The van der Waals surface area contributed by atoms with Crippen molar-refractivity contribution in [1.82, 2.24) is 34.9 Å². The number of fused-ring (bicyclic) bond motifs is 3. The Morgan fingerprint density at radius 1 is 1.07 bits per heavy atom. The number of rotatable bonds is 6. The van der Waals surface area contributed by atoms with Crippen LogP contribution in [0.3, 0.4) is 0 Å². The Kier molecular flexibility index (Phi) is 7.22. The van der Waals surface area contributed by atoms with E-state index in [1.54, 1.807) is 6.20 Å². The first kappa shape index (κ1) is 28.0. The maximum absolute atomic E-state index is 13.5. The average molecular weight is 577 g/mol. The molecule has 0 unspecified atom stereocenters. The first-order valence-corrected chi connectivity index (χ1v) is 15.6. The lowest BCUT2D eigenvalue weighted by Gasteiger charge is -2.49. The van der Waals surface area contributed by atoms with Crippen molar-refractivity contribution in [2.75, 3.05) is 31.9 Å².